The number of carbonyl (C=O) groups is 1. The van der Waals surface area contributed by atoms with Crippen LogP contribution in [0.3, 0.4) is 0 Å². The molecule has 0 aliphatic carbocycles. The smallest absolute Gasteiger partial charge is 0.261 e. The molecule has 0 saturated heterocycles. The van der Waals surface area contributed by atoms with Crippen molar-refractivity contribution in [3.63, 3.8) is 0 Å². The fourth-order valence-electron chi connectivity index (χ4n) is 2.73. The van der Waals surface area contributed by atoms with Crippen molar-refractivity contribution in [2.45, 2.75) is 4.90 Å². The number of hydrogen-bond acceptors (Lipinski definition) is 4. The van der Waals surface area contributed by atoms with Crippen LogP contribution in [0.1, 0.15) is 10.4 Å². The van der Waals surface area contributed by atoms with Crippen LogP contribution in [-0.2, 0) is 10.0 Å². The Kier molecular flexibility index (Phi) is 7.60. The second-order valence-corrected chi connectivity index (χ2v) is 9.26. The molecule has 0 aromatic heterocycles. The van der Waals surface area contributed by atoms with Crippen LogP contribution in [-0.4, -0.2) is 39.4 Å². The van der Waals surface area contributed by atoms with Crippen molar-refractivity contribution in [1.82, 2.24) is 4.90 Å². The van der Waals surface area contributed by atoms with Crippen molar-refractivity contribution in [2.75, 3.05) is 24.9 Å². The van der Waals surface area contributed by atoms with Crippen LogP contribution in [0.25, 0.3) is 0 Å². The van der Waals surface area contributed by atoms with Crippen molar-refractivity contribution in [3.8, 4) is 5.75 Å². The highest BCUT2D eigenvalue weighted by molar-refractivity contribution is 7.92. The van der Waals surface area contributed by atoms with Crippen LogP contribution in [0.2, 0.25) is 10.0 Å². The third kappa shape index (κ3) is 5.91. The first kappa shape index (κ1) is 23.8. The maximum atomic E-state index is 13.1. The van der Waals surface area contributed by atoms with Gasteiger partial charge < -0.3 is 9.64 Å². The molecule has 3 rings (SSSR count). The molecule has 3 aromatic rings. The molecule has 168 valence electrons. The Morgan fingerprint density at radius 2 is 1.72 bits per heavy atom. The average molecular weight is 497 g/mol. The summed E-state index contributed by atoms with van der Waals surface area (Å²) in [4.78, 5) is 14.1. The van der Waals surface area contributed by atoms with Gasteiger partial charge in [-0.15, -0.1) is 0 Å². The molecule has 0 atom stereocenters. The molecule has 32 heavy (non-hydrogen) atoms. The van der Waals surface area contributed by atoms with Gasteiger partial charge in [-0.1, -0.05) is 35.3 Å². The number of nitrogens with zero attached hydrogens (tertiary/aromatic N) is 1. The van der Waals surface area contributed by atoms with E-state index in [0.717, 1.165) is 24.3 Å². The van der Waals surface area contributed by atoms with E-state index in [2.05, 4.69) is 4.72 Å². The number of para-hydroxylation sites is 1. The highest BCUT2D eigenvalue weighted by Gasteiger charge is 2.19. The number of rotatable bonds is 8. The summed E-state index contributed by atoms with van der Waals surface area (Å²) < 4.78 is 46.2. The van der Waals surface area contributed by atoms with E-state index in [1.165, 1.54) is 23.1 Å². The first-order valence-electron chi connectivity index (χ1n) is 9.38. The fraction of sp³-hybridized carbons (Fsp3) is 0.136. The van der Waals surface area contributed by atoms with E-state index in [9.17, 15) is 17.6 Å². The fourth-order valence-corrected chi connectivity index (χ4v) is 4.21. The molecular weight excluding hydrogens is 478 g/mol. The molecule has 0 fully saturated rings. The lowest BCUT2D eigenvalue weighted by atomic mass is 10.2. The molecule has 1 N–H and O–H groups in total. The van der Waals surface area contributed by atoms with Crippen LogP contribution < -0.4 is 9.46 Å². The van der Waals surface area contributed by atoms with Crippen LogP contribution in [0.4, 0.5) is 10.1 Å². The van der Waals surface area contributed by atoms with E-state index in [-0.39, 0.29) is 40.2 Å². The number of amides is 1. The second-order valence-electron chi connectivity index (χ2n) is 6.76. The number of carbonyl (C=O) groups excluding carboxylic acids is 1. The van der Waals surface area contributed by atoms with Crippen LogP contribution in [0.15, 0.2) is 71.6 Å². The lowest BCUT2D eigenvalue weighted by Gasteiger charge is -2.19. The molecule has 10 heteroatoms. The second kappa shape index (κ2) is 10.2. The molecule has 6 nitrogen and oxygen atoms in total. The van der Waals surface area contributed by atoms with Gasteiger partial charge in [0, 0.05) is 12.6 Å². The van der Waals surface area contributed by atoms with Crippen LogP contribution in [0, 0.1) is 5.82 Å². The summed E-state index contributed by atoms with van der Waals surface area (Å²) in [5.74, 6) is -0.401. The zero-order valence-electron chi connectivity index (χ0n) is 16.9. The summed E-state index contributed by atoms with van der Waals surface area (Å²) in [6, 6.07) is 15.6. The molecule has 0 saturated carbocycles. The van der Waals surface area contributed by atoms with E-state index in [1.54, 1.807) is 31.3 Å². The van der Waals surface area contributed by atoms with Gasteiger partial charge in [-0.05, 0) is 54.6 Å². The van der Waals surface area contributed by atoms with Gasteiger partial charge in [-0.2, -0.15) is 0 Å². The quantitative estimate of drug-likeness (QED) is 0.471. The van der Waals surface area contributed by atoms with Gasteiger partial charge in [0.2, 0.25) is 0 Å². The zero-order valence-corrected chi connectivity index (χ0v) is 19.2. The summed E-state index contributed by atoms with van der Waals surface area (Å²) in [5.41, 5.74) is 0.258. The molecule has 0 unspecified atom stereocenters. The van der Waals surface area contributed by atoms with E-state index >= 15 is 0 Å². The number of sulfonamides is 1. The third-order valence-corrected chi connectivity index (χ3v) is 6.47. The molecule has 0 bridgehead atoms. The number of benzene rings is 3. The number of ether oxygens (including phenoxy) is 1. The molecule has 0 spiro atoms. The Bertz CT molecular complexity index is 1220. The summed E-state index contributed by atoms with van der Waals surface area (Å²) >= 11 is 12.2. The average Bonchev–Trinajstić information content (AvgIpc) is 2.76. The monoisotopic (exact) mass is 496 g/mol. The minimum absolute atomic E-state index is 0.0301. The number of halogens is 3. The third-order valence-electron chi connectivity index (χ3n) is 4.45. The predicted octanol–water partition coefficient (Wildman–Crippen LogP) is 5.08. The number of anilines is 1. The van der Waals surface area contributed by atoms with Crippen molar-refractivity contribution < 1.29 is 22.3 Å². The molecule has 0 heterocycles. The molecule has 0 radical (unpaired) electrons. The first-order valence-corrected chi connectivity index (χ1v) is 11.6. The molecule has 3 aromatic carbocycles. The summed E-state index contributed by atoms with van der Waals surface area (Å²) in [6.07, 6.45) is 0. The lowest BCUT2D eigenvalue weighted by Crippen LogP contribution is -2.31. The number of likely N-dealkylation sites (N-methyl/N-ethyl adjacent to an activating group) is 1. The first-order chi connectivity index (χ1) is 15.2. The lowest BCUT2D eigenvalue weighted by molar-refractivity contribution is 0.0774. The van der Waals surface area contributed by atoms with E-state index < -0.39 is 15.8 Å². The molecular formula is C22H19Cl2FN2O4S. The van der Waals surface area contributed by atoms with E-state index in [1.807, 2.05) is 0 Å². The van der Waals surface area contributed by atoms with E-state index in [0.29, 0.717) is 10.8 Å². The Labute approximate surface area is 195 Å². The highest BCUT2D eigenvalue weighted by Crippen LogP contribution is 2.27. The Morgan fingerprint density at radius 3 is 2.41 bits per heavy atom. The number of nitrogens with one attached hydrogen (secondary N) is 1. The Balaban J connectivity index is 1.69. The van der Waals surface area contributed by atoms with Crippen LogP contribution in [0.5, 0.6) is 5.75 Å². The SMILES string of the molecule is CN(CCOc1ccccc1Cl)C(=O)c1ccc(Cl)c(NS(=O)(=O)c2ccc(F)cc2)c1. The van der Waals surface area contributed by atoms with Gasteiger partial charge in [0.05, 0.1) is 27.2 Å². The van der Waals surface area contributed by atoms with Crippen LogP contribution >= 0.6 is 23.2 Å². The zero-order chi connectivity index (χ0) is 23.3. The predicted molar refractivity (Wildman–Crippen MR) is 123 cm³/mol. The van der Waals surface area contributed by atoms with Crippen molar-refractivity contribution >= 4 is 44.8 Å². The normalized spacial score (nSPS) is 11.1. The minimum atomic E-state index is -4.02. The van der Waals surface area contributed by atoms with Gasteiger partial charge in [0.1, 0.15) is 18.2 Å². The summed E-state index contributed by atoms with van der Waals surface area (Å²) in [6.45, 7) is 0.479. The standard InChI is InChI=1S/C22H19Cl2FN2O4S/c1-27(12-13-31-21-5-3-2-4-19(21)24)22(28)15-6-11-18(23)20(14-15)26-32(29,30)17-9-7-16(25)8-10-17/h2-11,14,26H,12-13H2,1H3. The van der Waals surface area contributed by atoms with Gasteiger partial charge >= 0.3 is 0 Å². The highest BCUT2D eigenvalue weighted by atomic mass is 35.5. The van der Waals surface area contributed by atoms with Gasteiger partial charge in [-0.3, -0.25) is 9.52 Å². The van der Waals surface area contributed by atoms with Crippen molar-refractivity contribution in [1.29, 1.82) is 0 Å². The maximum Gasteiger partial charge on any atom is 0.261 e. The van der Waals surface area contributed by atoms with Gasteiger partial charge in [0.25, 0.3) is 15.9 Å². The summed E-state index contributed by atoms with van der Waals surface area (Å²) in [7, 11) is -2.43. The summed E-state index contributed by atoms with van der Waals surface area (Å²) in [5, 5.41) is 0.578. The van der Waals surface area contributed by atoms with E-state index in [4.69, 9.17) is 27.9 Å². The van der Waals surface area contributed by atoms with Crippen molar-refractivity contribution in [2.24, 2.45) is 0 Å². The van der Waals surface area contributed by atoms with Crippen molar-refractivity contribution in [3.05, 3.63) is 88.2 Å². The topological polar surface area (TPSA) is 75.7 Å². The maximum absolute atomic E-state index is 13.1. The van der Waals surface area contributed by atoms with Gasteiger partial charge in [-0.25, -0.2) is 12.8 Å². The van der Waals surface area contributed by atoms with Gasteiger partial charge in [0.15, 0.2) is 0 Å². The minimum Gasteiger partial charge on any atom is -0.490 e. The Hall–Kier alpha value is -2.81. The molecule has 0 aliphatic rings. The largest absolute Gasteiger partial charge is 0.490 e. The Morgan fingerprint density at radius 1 is 1.03 bits per heavy atom. The molecule has 1 amide bonds. The molecule has 0 aliphatic heterocycles. The number of hydrogen-bond donors (Lipinski definition) is 1.